The zero-order valence-electron chi connectivity index (χ0n) is 10.7. The quantitative estimate of drug-likeness (QED) is 0.884. The highest BCUT2D eigenvalue weighted by Crippen LogP contribution is 2.34. The number of nitrogens with one attached hydrogen (secondary N) is 1. The smallest absolute Gasteiger partial charge is 0.205 e. The highest BCUT2D eigenvalue weighted by Gasteiger charge is 2.16. The van der Waals surface area contributed by atoms with E-state index < -0.39 is 0 Å². The summed E-state index contributed by atoms with van der Waals surface area (Å²) in [5.41, 5.74) is 0.963. The van der Waals surface area contributed by atoms with Gasteiger partial charge in [-0.2, -0.15) is 0 Å². The fourth-order valence-electron chi connectivity index (χ4n) is 1.54. The van der Waals surface area contributed by atoms with Crippen LogP contribution >= 0.6 is 22.7 Å². The number of aromatic nitrogens is 3. The molecule has 98 valence electrons. The lowest BCUT2D eigenvalue weighted by Crippen LogP contribution is -1.91. The lowest BCUT2D eigenvalue weighted by molar-refractivity contribution is 0.182. The molecule has 2 aromatic heterocycles. The number of nitrogens with zero attached hydrogens (tertiary/aromatic N) is 3. The van der Waals surface area contributed by atoms with E-state index in [1.165, 1.54) is 11.3 Å². The monoisotopic (exact) mass is 284 g/mol. The van der Waals surface area contributed by atoms with Gasteiger partial charge in [-0.3, -0.25) is 0 Å². The van der Waals surface area contributed by atoms with Crippen molar-refractivity contribution in [2.45, 2.75) is 26.4 Å². The predicted octanol–water partition coefficient (Wildman–Crippen LogP) is 2.80. The first-order valence-electron chi connectivity index (χ1n) is 5.77. The maximum absolute atomic E-state index is 5.20. The van der Waals surface area contributed by atoms with Crippen LogP contribution in [0, 0.1) is 0 Å². The van der Waals surface area contributed by atoms with Gasteiger partial charge in [0, 0.05) is 14.2 Å². The van der Waals surface area contributed by atoms with Crippen molar-refractivity contribution in [1.82, 2.24) is 15.2 Å². The summed E-state index contributed by atoms with van der Waals surface area (Å²) in [6.07, 6.45) is 2.09. The van der Waals surface area contributed by atoms with E-state index in [1.54, 1.807) is 18.4 Å². The first-order valence-corrected chi connectivity index (χ1v) is 7.41. The average molecular weight is 284 g/mol. The van der Waals surface area contributed by atoms with Gasteiger partial charge in [0.15, 0.2) is 5.01 Å². The van der Waals surface area contributed by atoms with Crippen molar-refractivity contribution in [3.63, 3.8) is 0 Å². The van der Waals surface area contributed by atoms with Crippen LogP contribution < -0.4 is 5.32 Å². The molecule has 0 unspecified atom stereocenters. The van der Waals surface area contributed by atoms with Gasteiger partial charge < -0.3 is 10.1 Å². The first-order chi connectivity index (χ1) is 8.78. The molecule has 0 aliphatic heterocycles. The maximum Gasteiger partial charge on any atom is 0.205 e. The fraction of sp³-hybridized carbons (Fsp3) is 0.545. The molecule has 7 heteroatoms. The highest BCUT2D eigenvalue weighted by atomic mass is 32.1. The number of hydrogen-bond acceptors (Lipinski definition) is 7. The van der Waals surface area contributed by atoms with Crippen molar-refractivity contribution in [2.75, 3.05) is 19.5 Å². The molecule has 1 N–H and O–H groups in total. The van der Waals surface area contributed by atoms with Crippen molar-refractivity contribution >= 4 is 27.8 Å². The van der Waals surface area contributed by atoms with E-state index in [4.69, 9.17) is 4.74 Å². The third-order valence-corrected chi connectivity index (χ3v) is 4.57. The Morgan fingerprint density at radius 1 is 1.28 bits per heavy atom. The molecule has 0 fully saturated rings. The van der Waals surface area contributed by atoms with Gasteiger partial charge >= 0.3 is 0 Å². The van der Waals surface area contributed by atoms with Gasteiger partial charge in [-0.05, 0) is 12.8 Å². The molecule has 18 heavy (non-hydrogen) atoms. The largest absolute Gasteiger partial charge is 0.378 e. The molecule has 0 bridgehead atoms. The second-order valence-electron chi connectivity index (χ2n) is 3.73. The van der Waals surface area contributed by atoms with Crippen molar-refractivity contribution in [1.29, 1.82) is 0 Å². The molecule has 0 radical (unpaired) electrons. The van der Waals surface area contributed by atoms with Crippen LogP contribution in [0.2, 0.25) is 0 Å². The molecule has 0 aliphatic rings. The third-order valence-electron chi connectivity index (χ3n) is 2.32. The topological polar surface area (TPSA) is 59.9 Å². The van der Waals surface area contributed by atoms with Gasteiger partial charge in [0.2, 0.25) is 5.13 Å². The maximum atomic E-state index is 5.20. The summed E-state index contributed by atoms with van der Waals surface area (Å²) >= 11 is 3.23. The second kappa shape index (κ2) is 6.21. The molecule has 0 amide bonds. The van der Waals surface area contributed by atoms with Crippen molar-refractivity contribution in [3.8, 4) is 9.88 Å². The Balaban J connectivity index is 2.34. The number of ether oxygens (including phenoxy) is 1. The molecule has 2 heterocycles. The molecule has 0 atom stereocenters. The highest BCUT2D eigenvalue weighted by molar-refractivity contribution is 7.23. The fourth-order valence-corrected chi connectivity index (χ4v) is 3.50. The Morgan fingerprint density at radius 2 is 2.11 bits per heavy atom. The normalized spacial score (nSPS) is 10.8. The number of rotatable bonds is 6. The Morgan fingerprint density at radius 3 is 2.72 bits per heavy atom. The van der Waals surface area contributed by atoms with Crippen LogP contribution in [0.1, 0.15) is 24.0 Å². The molecule has 2 rings (SSSR count). The minimum atomic E-state index is 0.518. The minimum absolute atomic E-state index is 0.518. The van der Waals surface area contributed by atoms with E-state index in [2.05, 4.69) is 27.4 Å². The van der Waals surface area contributed by atoms with Gasteiger partial charge in [0.1, 0.15) is 0 Å². The Kier molecular flexibility index (Phi) is 4.62. The zero-order chi connectivity index (χ0) is 13.0. The van der Waals surface area contributed by atoms with Crippen LogP contribution in [0.25, 0.3) is 9.88 Å². The number of thiazole rings is 1. The van der Waals surface area contributed by atoms with Crippen molar-refractivity contribution in [3.05, 3.63) is 10.7 Å². The van der Waals surface area contributed by atoms with Gasteiger partial charge in [0.25, 0.3) is 0 Å². The standard InChI is InChI=1S/C11H16N4OS2/c1-4-5-8-13-7(6-16-3)9(17-8)10-14-15-11(12-2)18-10/h4-6H2,1-3H3,(H,12,15). The SMILES string of the molecule is CCCc1nc(COC)c(-c2nnc(NC)s2)s1. The number of hydrogen-bond donors (Lipinski definition) is 1. The third kappa shape index (κ3) is 2.85. The van der Waals surface area contributed by atoms with E-state index in [0.29, 0.717) is 6.61 Å². The van der Waals surface area contributed by atoms with Gasteiger partial charge in [0.05, 0.1) is 22.2 Å². The van der Waals surface area contributed by atoms with Crippen LogP contribution in [0.3, 0.4) is 0 Å². The molecule has 0 saturated heterocycles. The van der Waals surface area contributed by atoms with Crippen LogP contribution in [-0.2, 0) is 17.8 Å². The van der Waals surface area contributed by atoms with E-state index in [1.807, 2.05) is 7.05 Å². The Labute approximate surface area is 114 Å². The molecule has 0 aromatic carbocycles. The van der Waals surface area contributed by atoms with Crippen LogP contribution in [0.4, 0.5) is 5.13 Å². The summed E-state index contributed by atoms with van der Waals surface area (Å²) in [7, 11) is 3.53. The minimum Gasteiger partial charge on any atom is -0.378 e. The lowest BCUT2D eigenvalue weighted by atomic mass is 10.3. The number of methoxy groups -OCH3 is 1. The molecule has 2 aromatic rings. The summed E-state index contributed by atoms with van der Waals surface area (Å²) in [4.78, 5) is 5.70. The summed E-state index contributed by atoms with van der Waals surface area (Å²) in [5.74, 6) is 0. The average Bonchev–Trinajstić information content (AvgIpc) is 2.96. The van der Waals surface area contributed by atoms with Crippen LogP contribution in [0.5, 0.6) is 0 Å². The Hall–Kier alpha value is -1.05. The summed E-state index contributed by atoms with van der Waals surface area (Å²) in [6.45, 7) is 2.67. The van der Waals surface area contributed by atoms with Gasteiger partial charge in [-0.25, -0.2) is 4.98 Å². The number of anilines is 1. The molecule has 0 aliphatic carbocycles. The van der Waals surface area contributed by atoms with Crippen LogP contribution in [0.15, 0.2) is 0 Å². The molecule has 0 spiro atoms. The summed E-state index contributed by atoms with van der Waals surface area (Å²) < 4.78 is 5.20. The molecule has 5 nitrogen and oxygen atoms in total. The number of aryl methyl sites for hydroxylation is 1. The van der Waals surface area contributed by atoms with E-state index in [0.717, 1.165) is 38.6 Å². The van der Waals surface area contributed by atoms with Gasteiger partial charge in [-0.1, -0.05) is 18.3 Å². The summed E-state index contributed by atoms with van der Waals surface area (Å²) in [5, 5.41) is 14.1. The Bertz CT molecular complexity index is 509. The molecule has 0 saturated carbocycles. The lowest BCUT2D eigenvalue weighted by Gasteiger charge is -1.96. The second-order valence-corrected chi connectivity index (χ2v) is 5.79. The summed E-state index contributed by atoms with van der Waals surface area (Å²) in [6, 6.07) is 0. The van der Waals surface area contributed by atoms with Gasteiger partial charge in [-0.15, -0.1) is 21.5 Å². The predicted molar refractivity (Wildman–Crippen MR) is 75.3 cm³/mol. The molecular formula is C11H16N4OS2. The van der Waals surface area contributed by atoms with E-state index >= 15 is 0 Å². The van der Waals surface area contributed by atoms with Crippen molar-refractivity contribution in [2.24, 2.45) is 0 Å². The first kappa shape index (κ1) is 13.4. The zero-order valence-corrected chi connectivity index (χ0v) is 12.3. The van der Waals surface area contributed by atoms with E-state index in [-0.39, 0.29) is 0 Å². The van der Waals surface area contributed by atoms with Crippen molar-refractivity contribution < 1.29 is 4.74 Å². The molecular weight excluding hydrogens is 268 g/mol. The van der Waals surface area contributed by atoms with E-state index in [9.17, 15) is 0 Å². The van der Waals surface area contributed by atoms with Crippen LogP contribution in [-0.4, -0.2) is 29.3 Å².